The van der Waals surface area contributed by atoms with Crippen molar-refractivity contribution < 1.29 is 8.83 Å². The molecule has 0 aliphatic carbocycles. The highest BCUT2D eigenvalue weighted by Crippen LogP contribution is 2.13. The molecule has 2 heteroatoms. The van der Waals surface area contributed by atoms with Crippen molar-refractivity contribution >= 4 is 12.2 Å². The van der Waals surface area contributed by atoms with E-state index in [1.807, 2.05) is 50.3 Å². The molecule has 0 radical (unpaired) electrons. The third-order valence-electron chi connectivity index (χ3n) is 1.93. The monoisotopic (exact) mass is 188 g/mol. The van der Waals surface area contributed by atoms with Gasteiger partial charge in [0.15, 0.2) is 0 Å². The second-order valence-electron chi connectivity index (χ2n) is 3.23. The topological polar surface area (TPSA) is 26.3 Å². The van der Waals surface area contributed by atoms with Gasteiger partial charge in [-0.25, -0.2) is 0 Å². The first-order chi connectivity index (χ1) is 6.74. The maximum absolute atomic E-state index is 5.38. The predicted octanol–water partition coefficient (Wildman–Crippen LogP) is 3.66. The average molecular weight is 188 g/mol. The summed E-state index contributed by atoms with van der Waals surface area (Å²) in [4.78, 5) is 0. The van der Waals surface area contributed by atoms with Crippen molar-refractivity contribution in [2.75, 3.05) is 0 Å². The zero-order valence-electron chi connectivity index (χ0n) is 8.28. The summed E-state index contributed by atoms with van der Waals surface area (Å²) in [5.41, 5.74) is 0. The van der Waals surface area contributed by atoms with Crippen molar-refractivity contribution in [3.05, 3.63) is 47.3 Å². The van der Waals surface area contributed by atoms with E-state index in [1.165, 1.54) is 0 Å². The van der Waals surface area contributed by atoms with Crippen LogP contribution in [0, 0.1) is 13.8 Å². The second kappa shape index (κ2) is 3.58. The van der Waals surface area contributed by atoms with Crippen molar-refractivity contribution in [2.45, 2.75) is 13.8 Å². The number of rotatable bonds is 2. The van der Waals surface area contributed by atoms with Crippen LogP contribution in [-0.4, -0.2) is 0 Å². The van der Waals surface area contributed by atoms with Gasteiger partial charge in [-0.2, -0.15) is 0 Å². The lowest BCUT2D eigenvalue weighted by Crippen LogP contribution is -1.63. The second-order valence-corrected chi connectivity index (χ2v) is 3.23. The van der Waals surface area contributed by atoms with E-state index < -0.39 is 0 Å². The van der Waals surface area contributed by atoms with Gasteiger partial charge in [0.1, 0.15) is 23.0 Å². The van der Waals surface area contributed by atoms with Crippen LogP contribution >= 0.6 is 0 Å². The number of furan rings is 2. The van der Waals surface area contributed by atoms with Gasteiger partial charge < -0.3 is 8.83 Å². The fourth-order valence-corrected chi connectivity index (χ4v) is 1.25. The van der Waals surface area contributed by atoms with Gasteiger partial charge in [0, 0.05) is 0 Å². The zero-order valence-corrected chi connectivity index (χ0v) is 8.28. The first kappa shape index (κ1) is 8.88. The molecule has 0 bridgehead atoms. The van der Waals surface area contributed by atoms with Crippen molar-refractivity contribution in [1.82, 2.24) is 0 Å². The molecule has 0 aliphatic heterocycles. The molecule has 2 heterocycles. The summed E-state index contributed by atoms with van der Waals surface area (Å²) in [5.74, 6) is 3.52. The maximum atomic E-state index is 5.38. The molecule has 0 spiro atoms. The van der Waals surface area contributed by atoms with Crippen LogP contribution in [0.1, 0.15) is 23.0 Å². The average Bonchev–Trinajstić information content (AvgIpc) is 2.72. The van der Waals surface area contributed by atoms with Gasteiger partial charge in [0.25, 0.3) is 0 Å². The third kappa shape index (κ3) is 1.96. The molecule has 0 amide bonds. The molecule has 72 valence electrons. The van der Waals surface area contributed by atoms with Crippen LogP contribution in [0.3, 0.4) is 0 Å². The zero-order chi connectivity index (χ0) is 9.97. The molecule has 0 saturated carbocycles. The minimum atomic E-state index is 0.844. The van der Waals surface area contributed by atoms with Crippen LogP contribution in [0.25, 0.3) is 12.2 Å². The molecule has 0 aliphatic rings. The Labute approximate surface area is 82.8 Å². The number of hydrogen-bond donors (Lipinski definition) is 0. The molecular formula is C12H12O2. The van der Waals surface area contributed by atoms with Crippen LogP contribution in [0.4, 0.5) is 0 Å². The number of hydrogen-bond acceptors (Lipinski definition) is 2. The van der Waals surface area contributed by atoms with Gasteiger partial charge in [-0.3, -0.25) is 0 Å². The molecule has 0 N–H and O–H groups in total. The molecule has 2 rings (SSSR count). The van der Waals surface area contributed by atoms with E-state index in [-0.39, 0.29) is 0 Å². The van der Waals surface area contributed by atoms with Gasteiger partial charge >= 0.3 is 0 Å². The molecule has 0 unspecified atom stereocenters. The Kier molecular flexibility index (Phi) is 2.27. The van der Waals surface area contributed by atoms with Crippen LogP contribution in [0.5, 0.6) is 0 Å². The van der Waals surface area contributed by atoms with E-state index in [9.17, 15) is 0 Å². The summed E-state index contributed by atoms with van der Waals surface area (Å²) in [7, 11) is 0. The van der Waals surface area contributed by atoms with E-state index in [4.69, 9.17) is 8.83 Å². The molecule has 14 heavy (non-hydrogen) atoms. The molecule has 0 saturated heterocycles. The molecule has 0 fully saturated rings. The van der Waals surface area contributed by atoms with Gasteiger partial charge in [-0.05, 0) is 50.3 Å². The Balaban J connectivity index is 2.14. The third-order valence-corrected chi connectivity index (χ3v) is 1.93. The quantitative estimate of drug-likeness (QED) is 0.718. The fourth-order valence-electron chi connectivity index (χ4n) is 1.25. The first-order valence-corrected chi connectivity index (χ1v) is 4.55. The Morgan fingerprint density at radius 2 is 1.21 bits per heavy atom. The van der Waals surface area contributed by atoms with E-state index in [2.05, 4.69) is 0 Å². The molecule has 2 aromatic heterocycles. The van der Waals surface area contributed by atoms with Gasteiger partial charge in [0.2, 0.25) is 0 Å². The summed E-state index contributed by atoms with van der Waals surface area (Å²) in [6.07, 6.45) is 3.79. The Morgan fingerprint density at radius 3 is 1.50 bits per heavy atom. The summed E-state index contributed by atoms with van der Waals surface area (Å²) >= 11 is 0. The largest absolute Gasteiger partial charge is 0.462 e. The predicted molar refractivity (Wildman–Crippen MR) is 55.8 cm³/mol. The van der Waals surface area contributed by atoms with E-state index in [0.29, 0.717) is 0 Å². The fraction of sp³-hybridized carbons (Fsp3) is 0.167. The molecule has 2 aromatic rings. The maximum Gasteiger partial charge on any atom is 0.127 e. The van der Waals surface area contributed by atoms with Crippen molar-refractivity contribution in [1.29, 1.82) is 0 Å². The smallest absolute Gasteiger partial charge is 0.127 e. The SMILES string of the molecule is Cc1ccc(/C=C/c2ccc(C)o2)o1. The Bertz CT molecular complexity index is 404. The molecule has 0 atom stereocenters. The van der Waals surface area contributed by atoms with Crippen molar-refractivity contribution in [3.63, 3.8) is 0 Å². The van der Waals surface area contributed by atoms with Gasteiger partial charge in [0.05, 0.1) is 0 Å². The van der Waals surface area contributed by atoms with Crippen LogP contribution < -0.4 is 0 Å². The van der Waals surface area contributed by atoms with Gasteiger partial charge in [-0.15, -0.1) is 0 Å². The molecular weight excluding hydrogens is 176 g/mol. The van der Waals surface area contributed by atoms with Crippen LogP contribution in [0.15, 0.2) is 33.1 Å². The highest BCUT2D eigenvalue weighted by Gasteiger charge is 1.95. The van der Waals surface area contributed by atoms with Crippen molar-refractivity contribution in [2.24, 2.45) is 0 Å². The lowest BCUT2D eigenvalue weighted by molar-refractivity contribution is 0.521. The Morgan fingerprint density at radius 1 is 0.786 bits per heavy atom. The normalized spacial score (nSPS) is 11.3. The van der Waals surface area contributed by atoms with Crippen LogP contribution in [0.2, 0.25) is 0 Å². The van der Waals surface area contributed by atoms with Crippen molar-refractivity contribution in [3.8, 4) is 0 Å². The Hall–Kier alpha value is -1.70. The van der Waals surface area contributed by atoms with Gasteiger partial charge in [-0.1, -0.05) is 0 Å². The number of aryl methyl sites for hydroxylation is 2. The first-order valence-electron chi connectivity index (χ1n) is 4.55. The lowest BCUT2D eigenvalue weighted by atomic mass is 10.3. The summed E-state index contributed by atoms with van der Waals surface area (Å²) in [5, 5.41) is 0. The van der Waals surface area contributed by atoms with E-state index in [0.717, 1.165) is 23.0 Å². The highest BCUT2D eigenvalue weighted by molar-refractivity contribution is 5.64. The van der Waals surface area contributed by atoms with E-state index >= 15 is 0 Å². The van der Waals surface area contributed by atoms with Crippen LogP contribution in [-0.2, 0) is 0 Å². The standard InChI is InChI=1S/C12H12O2/c1-9-3-5-11(13-9)7-8-12-6-4-10(2)14-12/h3-8H,1-2H3/b8-7+. The summed E-state index contributed by atoms with van der Waals surface area (Å²) in [6.45, 7) is 3.85. The molecule has 0 aromatic carbocycles. The molecule has 2 nitrogen and oxygen atoms in total. The lowest BCUT2D eigenvalue weighted by Gasteiger charge is -1.85. The summed E-state index contributed by atoms with van der Waals surface area (Å²) < 4.78 is 10.8. The minimum Gasteiger partial charge on any atom is -0.462 e. The minimum absolute atomic E-state index is 0.844. The van der Waals surface area contributed by atoms with E-state index in [1.54, 1.807) is 0 Å². The summed E-state index contributed by atoms with van der Waals surface area (Å²) in [6, 6.07) is 7.74. The highest BCUT2D eigenvalue weighted by atomic mass is 16.3.